The van der Waals surface area contributed by atoms with E-state index in [1.54, 1.807) is 13.0 Å². The van der Waals surface area contributed by atoms with Crippen LogP contribution in [0.2, 0.25) is 0 Å². The monoisotopic (exact) mass is 656 g/mol. The summed E-state index contributed by atoms with van der Waals surface area (Å²) in [6.07, 6.45) is -4.98. The minimum atomic E-state index is -4.98. The highest BCUT2D eigenvalue weighted by Crippen LogP contribution is 2.48. The quantitative estimate of drug-likeness (QED) is 0.242. The predicted octanol–water partition coefficient (Wildman–Crippen LogP) is 5.95. The summed E-state index contributed by atoms with van der Waals surface area (Å²) in [5.74, 6) is -6.13. The SMILES string of the molecule is Cc1ccc(-c2ccc(N3C(=O)c4ccc(C(C)(c5ccc6c(c5)C(=O)N(C)C6=O)C(F)(F)F)cc4C3=O)cc2C(=O)O)c(C(=O)O)c1. The molecule has 2 N–H and O–H groups in total. The molecule has 48 heavy (non-hydrogen) atoms. The van der Waals surface area contributed by atoms with Crippen molar-refractivity contribution in [1.82, 2.24) is 4.90 Å². The van der Waals surface area contributed by atoms with E-state index in [2.05, 4.69) is 0 Å². The van der Waals surface area contributed by atoms with Gasteiger partial charge in [0.15, 0.2) is 0 Å². The number of imide groups is 2. The van der Waals surface area contributed by atoms with Crippen molar-refractivity contribution in [2.24, 2.45) is 0 Å². The first-order valence-corrected chi connectivity index (χ1v) is 14.3. The van der Waals surface area contributed by atoms with Crippen molar-refractivity contribution in [3.05, 3.63) is 123 Å². The van der Waals surface area contributed by atoms with Gasteiger partial charge in [-0.3, -0.25) is 24.1 Å². The molecule has 4 aromatic rings. The molecule has 0 radical (unpaired) electrons. The number of carbonyl (C=O) groups is 6. The number of nitrogens with zero attached hydrogens (tertiary/aromatic N) is 2. The van der Waals surface area contributed by atoms with Gasteiger partial charge in [-0.1, -0.05) is 35.9 Å². The number of aromatic carboxylic acids is 2. The average molecular weight is 657 g/mol. The molecule has 1 unspecified atom stereocenters. The van der Waals surface area contributed by atoms with Crippen molar-refractivity contribution in [3.8, 4) is 11.1 Å². The standard InChI is InChI=1S/C35H23F3N2O8/c1-16-4-8-20(26(12-16)32(45)46)21-11-7-19(15-27(21)33(47)48)40-30(43)23-10-6-18(14-25(23)31(40)44)34(2,35(36,37)38)17-5-9-22-24(13-17)29(42)39(3)28(22)41/h4-15H,1-3H3,(H,45,46)(H,47,48). The summed E-state index contributed by atoms with van der Waals surface area (Å²) in [5, 5.41) is 19.7. The summed E-state index contributed by atoms with van der Waals surface area (Å²) < 4.78 is 44.8. The number of anilines is 1. The molecule has 2 heterocycles. The van der Waals surface area contributed by atoms with Crippen LogP contribution < -0.4 is 4.90 Å². The van der Waals surface area contributed by atoms with Crippen molar-refractivity contribution in [1.29, 1.82) is 0 Å². The zero-order valence-electron chi connectivity index (χ0n) is 25.3. The molecular weight excluding hydrogens is 633 g/mol. The van der Waals surface area contributed by atoms with Crippen molar-refractivity contribution in [3.63, 3.8) is 0 Å². The number of carbonyl (C=O) groups excluding carboxylic acids is 4. The van der Waals surface area contributed by atoms with Crippen LogP contribution >= 0.6 is 0 Å². The fourth-order valence-corrected chi connectivity index (χ4v) is 6.11. The first-order valence-electron chi connectivity index (χ1n) is 14.3. The molecule has 6 rings (SSSR count). The Bertz CT molecular complexity index is 2170. The summed E-state index contributed by atoms with van der Waals surface area (Å²) in [6.45, 7) is 2.52. The highest BCUT2D eigenvalue weighted by molar-refractivity contribution is 6.34. The maximum atomic E-state index is 14.9. The number of hydrogen-bond donors (Lipinski definition) is 2. The summed E-state index contributed by atoms with van der Waals surface area (Å²) in [7, 11) is 1.21. The van der Waals surface area contributed by atoms with E-state index in [4.69, 9.17) is 0 Å². The van der Waals surface area contributed by atoms with E-state index >= 15 is 0 Å². The predicted molar refractivity (Wildman–Crippen MR) is 163 cm³/mol. The molecule has 1 atom stereocenters. The van der Waals surface area contributed by atoms with Gasteiger partial charge in [0.05, 0.1) is 39.1 Å². The topological polar surface area (TPSA) is 149 Å². The molecule has 0 fully saturated rings. The van der Waals surface area contributed by atoms with E-state index in [1.165, 1.54) is 31.3 Å². The smallest absolute Gasteiger partial charge is 0.402 e. The lowest BCUT2D eigenvalue weighted by Crippen LogP contribution is -2.41. The largest absolute Gasteiger partial charge is 0.478 e. The summed E-state index contributed by atoms with van der Waals surface area (Å²) in [6, 6.07) is 14.2. The third kappa shape index (κ3) is 4.57. The van der Waals surface area contributed by atoms with Gasteiger partial charge in [0.25, 0.3) is 23.6 Å². The molecule has 0 aromatic heterocycles. The fourth-order valence-electron chi connectivity index (χ4n) is 6.11. The Morgan fingerprint density at radius 2 is 1.04 bits per heavy atom. The van der Waals surface area contributed by atoms with Crippen LogP contribution in [0, 0.1) is 6.92 Å². The van der Waals surface area contributed by atoms with Crippen molar-refractivity contribution in [2.45, 2.75) is 25.4 Å². The van der Waals surface area contributed by atoms with Crippen molar-refractivity contribution < 1.29 is 52.2 Å². The molecule has 4 aromatic carbocycles. The second kappa shape index (κ2) is 10.7. The van der Waals surface area contributed by atoms with Crippen LogP contribution in [-0.2, 0) is 5.41 Å². The van der Waals surface area contributed by atoms with Gasteiger partial charge in [-0.25, -0.2) is 14.5 Å². The Labute approximate surface area is 269 Å². The third-order valence-electron chi connectivity index (χ3n) is 8.89. The average Bonchev–Trinajstić information content (AvgIpc) is 3.42. The molecule has 242 valence electrons. The number of rotatable bonds is 6. The number of hydrogen-bond acceptors (Lipinski definition) is 6. The molecule has 13 heteroatoms. The Balaban J connectivity index is 1.43. The highest BCUT2D eigenvalue weighted by Gasteiger charge is 2.55. The molecule has 0 saturated carbocycles. The van der Waals surface area contributed by atoms with Crippen LogP contribution in [0.15, 0.2) is 72.8 Å². The van der Waals surface area contributed by atoms with Gasteiger partial charge >= 0.3 is 18.1 Å². The van der Waals surface area contributed by atoms with Gasteiger partial charge in [0.2, 0.25) is 0 Å². The van der Waals surface area contributed by atoms with Gasteiger partial charge in [-0.05, 0) is 78.6 Å². The minimum Gasteiger partial charge on any atom is -0.478 e. The Morgan fingerprint density at radius 1 is 0.604 bits per heavy atom. The summed E-state index contributed by atoms with van der Waals surface area (Å²) >= 11 is 0. The van der Waals surface area contributed by atoms with E-state index in [1.807, 2.05) is 0 Å². The number of alkyl halides is 3. The van der Waals surface area contributed by atoms with Gasteiger partial charge in [0.1, 0.15) is 5.41 Å². The molecule has 4 amide bonds. The van der Waals surface area contributed by atoms with E-state index in [0.29, 0.717) is 10.5 Å². The van der Waals surface area contributed by atoms with Gasteiger partial charge < -0.3 is 10.2 Å². The summed E-state index contributed by atoms with van der Waals surface area (Å²) in [5.41, 5.74) is -4.53. The third-order valence-corrected chi connectivity index (χ3v) is 8.89. The maximum absolute atomic E-state index is 14.9. The van der Waals surface area contributed by atoms with Crippen LogP contribution in [0.4, 0.5) is 18.9 Å². The lowest BCUT2D eigenvalue weighted by atomic mass is 9.74. The van der Waals surface area contributed by atoms with E-state index in [-0.39, 0.29) is 50.2 Å². The van der Waals surface area contributed by atoms with Crippen LogP contribution in [0.1, 0.15) is 85.8 Å². The van der Waals surface area contributed by atoms with Crippen LogP contribution in [0.25, 0.3) is 11.1 Å². The number of fused-ring (bicyclic) bond motifs is 2. The van der Waals surface area contributed by atoms with E-state index < -0.39 is 58.3 Å². The fraction of sp³-hybridized carbons (Fsp3) is 0.143. The molecule has 2 aliphatic heterocycles. The molecule has 0 bridgehead atoms. The second-order valence-corrected chi connectivity index (χ2v) is 11.6. The Hall–Kier alpha value is -6.11. The van der Waals surface area contributed by atoms with E-state index in [9.17, 15) is 52.2 Å². The van der Waals surface area contributed by atoms with Crippen molar-refractivity contribution >= 4 is 41.3 Å². The molecule has 0 spiro atoms. The second-order valence-electron chi connectivity index (χ2n) is 11.6. The van der Waals surface area contributed by atoms with Crippen LogP contribution in [0.5, 0.6) is 0 Å². The highest BCUT2D eigenvalue weighted by atomic mass is 19.4. The van der Waals surface area contributed by atoms with Gasteiger partial charge in [0, 0.05) is 7.05 Å². The number of aryl methyl sites for hydroxylation is 1. The molecule has 2 aliphatic rings. The molecule has 0 saturated heterocycles. The first kappa shape index (κ1) is 31.9. The van der Waals surface area contributed by atoms with Crippen molar-refractivity contribution in [2.75, 3.05) is 11.9 Å². The Kier molecular flexibility index (Phi) is 7.12. The van der Waals surface area contributed by atoms with Crippen LogP contribution in [0.3, 0.4) is 0 Å². The lowest BCUT2D eigenvalue weighted by molar-refractivity contribution is -0.173. The number of carboxylic acids is 2. The number of halogens is 3. The molecular formula is C35H23F3N2O8. The minimum absolute atomic E-state index is 0.00390. The molecule has 0 aliphatic carbocycles. The van der Waals surface area contributed by atoms with Gasteiger partial charge in [-0.15, -0.1) is 0 Å². The van der Waals surface area contributed by atoms with Crippen LogP contribution in [-0.4, -0.2) is 63.9 Å². The molecule has 10 nitrogen and oxygen atoms in total. The zero-order valence-corrected chi connectivity index (χ0v) is 25.3. The first-order chi connectivity index (χ1) is 22.5. The lowest BCUT2D eigenvalue weighted by Gasteiger charge is -2.33. The van der Waals surface area contributed by atoms with E-state index in [0.717, 1.165) is 54.3 Å². The Morgan fingerprint density at radius 3 is 1.58 bits per heavy atom. The maximum Gasteiger partial charge on any atom is 0.402 e. The van der Waals surface area contributed by atoms with Gasteiger partial charge in [-0.2, -0.15) is 13.2 Å². The zero-order chi connectivity index (χ0) is 35.0. The number of benzene rings is 4. The normalized spacial score (nSPS) is 15.5. The summed E-state index contributed by atoms with van der Waals surface area (Å²) in [4.78, 5) is 77.7. The number of amides is 4. The number of carboxylic acid groups (broad SMARTS) is 2.